The molecule has 2 nitrogen and oxygen atoms in total. The average Bonchev–Trinajstić information content (AvgIpc) is 2.36. The lowest BCUT2D eigenvalue weighted by Gasteiger charge is -2.22. The van der Waals surface area contributed by atoms with E-state index in [1.54, 1.807) is 0 Å². The Kier molecular flexibility index (Phi) is 8.85. The minimum absolute atomic E-state index is 0.460. The molecule has 0 radical (unpaired) electrons. The second-order valence-corrected chi connectivity index (χ2v) is 5.25. The fourth-order valence-electron chi connectivity index (χ4n) is 2.25. The fraction of sp³-hybridized carbons (Fsp3) is 0.857. The summed E-state index contributed by atoms with van der Waals surface area (Å²) in [5.41, 5.74) is 7.08. The first-order valence-electron chi connectivity index (χ1n) is 6.97. The van der Waals surface area contributed by atoms with Crippen LogP contribution in [0, 0.1) is 0 Å². The van der Waals surface area contributed by atoms with Crippen molar-refractivity contribution in [2.75, 3.05) is 18.9 Å². The molecule has 17 heavy (non-hydrogen) atoms. The maximum atomic E-state index is 5.89. The van der Waals surface area contributed by atoms with Crippen molar-refractivity contribution in [3.63, 3.8) is 0 Å². The molecule has 0 spiro atoms. The predicted molar refractivity (Wildman–Crippen MR) is 77.7 cm³/mol. The van der Waals surface area contributed by atoms with E-state index in [2.05, 4.69) is 18.7 Å². The Morgan fingerprint density at radius 3 is 2.76 bits per heavy atom. The maximum absolute atomic E-state index is 5.89. The van der Waals surface area contributed by atoms with Crippen LogP contribution in [0.3, 0.4) is 0 Å². The summed E-state index contributed by atoms with van der Waals surface area (Å²) in [6, 6.07) is 0. The summed E-state index contributed by atoms with van der Waals surface area (Å²) >= 11 is 4.21. The van der Waals surface area contributed by atoms with Gasteiger partial charge in [-0.3, -0.25) is 0 Å². The molecule has 0 saturated carbocycles. The Morgan fingerprint density at radius 1 is 1.29 bits per heavy atom. The monoisotopic (exact) mass is 257 g/mol. The van der Waals surface area contributed by atoms with Crippen LogP contribution in [-0.2, 0) is 4.74 Å². The molecule has 0 bridgehead atoms. The van der Waals surface area contributed by atoms with Gasteiger partial charge in [0.15, 0.2) is 0 Å². The van der Waals surface area contributed by atoms with Crippen LogP contribution in [0.2, 0.25) is 0 Å². The van der Waals surface area contributed by atoms with Gasteiger partial charge in [0.05, 0.1) is 6.10 Å². The molecule has 0 aromatic heterocycles. The standard InChI is InChI=1S/C14H27NOS/c15-10-9-13-5-7-14(8-6-13)16-11-3-1-2-4-12-17/h5,14,17H,1-4,6-12,15H2. The summed E-state index contributed by atoms with van der Waals surface area (Å²) in [7, 11) is 0. The number of thiol groups is 1. The second-order valence-electron chi connectivity index (χ2n) is 4.81. The predicted octanol–water partition coefficient (Wildman–Crippen LogP) is 3.32. The topological polar surface area (TPSA) is 35.2 Å². The molecule has 1 rings (SSSR count). The number of hydrogen-bond acceptors (Lipinski definition) is 3. The molecule has 100 valence electrons. The molecular weight excluding hydrogens is 230 g/mol. The van der Waals surface area contributed by atoms with E-state index < -0.39 is 0 Å². The van der Waals surface area contributed by atoms with Crippen molar-refractivity contribution >= 4 is 12.6 Å². The first-order valence-corrected chi connectivity index (χ1v) is 7.60. The van der Waals surface area contributed by atoms with E-state index in [1.807, 2.05) is 0 Å². The number of ether oxygens (including phenoxy) is 1. The van der Waals surface area contributed by atoms with Gasteiger partial charge in [0.25, 0.3) is 0 Å². The van der Waals surface area contributed by atoms with Crippen LogP contribution in [0.1, 0.15) is 51.4 Å². The molecule has 1 aliphatic rings. The third-order valence-corrected chi connectivity index (χ3v) is 3.64. The van der Waals surface area contributed by atoms with Crippen LogP contribution in [-0.4, -0.2) is 25.0 Å². The molecular formula is C14H27NOS. The smallest absolute Gasteiger partial charge is 0.0612 e. The van der Waals surface area contributed by atoms with Gasteiger partial charge in [-0.2, -0.15) is 12.6 Å². The highest BCUT2D eigenvalue weighted by molar-refractivity contribution is 7.80. The summed E-state index contributed by atoms with van der Waals surface area (Å²) < 4.78 is 5.89. The average molecular weight is 257 g/mol. The van der Waals surface area contributed by atoms with Gasteiger partial charge in [-0.1, -0.05) is 24.5 Å². The van der Waals surface area contributed by atoms with Crippen molar-refractivity contribution in [3.05, 3.63) is 11.6 Å². The van der Waals surface area contributed by atoms with E-state index in [9.17, 15) is 0 Å². The molecule has 1 unspecified atom stereocenters. The third-order valence-electron chi connectivity index (χ3n) is 3.33. The van der Waals surface area contributed by atoms with E-state index >= 15 is 0 Å². The molecule has 0 fully saturated rings. The molecule has 0 amide bonds. The lowest BCUT2D eigenvalue weighted by Crippen LogP contribution is -2.17. The van der Waals surface area contributed by atoms with E-state index in [-0.39, 0.29) is 0 Å². The zero-order valence-electron chi connectivity index (χ0n) is 10.9. The number of unbranched alkanes of at least 4 members (excludes halogenated alkanes) is 3. The van der Waals surface area contributed by atoms with Gasteiger partial charge in [-0.05, 0) is 50.8 Å². The van der Waals surface area contributed by atoms with Crippen molar-refractivity contribution in [2.24, 2.45) is 5.73 Å². The zero-order valence-corrected chi connectivity index (χ0v) is 11.8. The Balaban J connectivity index is 1.98. The quantitative estimate of drug-likeness (QED) is 0.377. The Bertz CT molecular complexity index is 218. The molecule has 0 saturated heterocycles. The summed E-state index contributed by atoms with van der Waals surface area (Å²) in [5.74, 6) is 1.01. The normalized spacial score (nSPS) is 20.4. The van der Waals surface area contributed by atoms with Crippen molar-refractivity contribution in [3.8, 4) is 0 Å². The molecule has 1 aliphatic carbocycles. The SMILES string of the molecule is NCCC1=CCC(OCCCCCCS)CC1. The van der Waals surface area contributed by atoms with Gasteiger partial charge in [0, 0.05) is 6.61 Å². The highest BCUT2D eigenvalue weighted by Gasteiger charge is 2.13. The summed E-state index contributed by atoms with van der Waals surface area (Å²) in [5, 5.41) is 0. The number of nitrogens with two attached hydrogens (primary N) is 1. The Hall–Kier alpha value is 0.01000. The highest BCUT2D eigenvalue weighted by Crippen LogP contribution is 2.22. The van der Waals surface area contributed by atoms with E-state index in [4.69, 9.17) is 10.5 Å². The summed E-state index contributed by atoms with van der Waals surface area (Å²) in [6.45, 7) is 1.71. The second kappa shape index (κ2) is 9.98. The molecule has 2 N–H and O–H groups in total. The van der Waals surface area contributed by atoms with Crippen molar-refractivity contribution < 1.29 is 4.74 Å². The Morgan fingerprint density at radius 2 is 2.12 bits per heavy atom. The van der Waals surface area contributed by atoms with Crippen molar-refractivity contribution in [1.82, 2.24) is 0 Å². The molecule has 0 heterocycles. The minimum Gasteiger partial charge on any atom is -0.378 e. The largest absolute Gasteiger partial charge is 0.378 e. The van der Waals surface area contributed by atoms with Gasteiger partial charge in [0.1, 0.15) is 0 Å². The van der Waals surface area contributed by atoms with Crippen LogP contribution in [0.4, 0.5) is 0 Å². The van der Waals surface area contributed by atoms with E-state index in [0.717, 1.165) is 31.7 Å². The van der Waals surface area contributed by atoms with Crippen LogP contribution in [0.5, 0.6) is 0 Å². The third kappa shape index (κ3) is 7.12. The lowest BCUT2D eigenvalue weighted by atomic mass is 9.95. The van der Waals surface area contributed by atoms with Crippen LogP contribution in [0.15, 0.2) is 11.6 Å². The minimum atomic E-state index is 0.460. The van der Waals surface area contributed by atoms with Gasteiger partial charge < -0.3 is 10.5 Å². The van der Waals surface area contributed by atoms with Gasteiger partial charge >= 0.3 is 0 Å². The fourth-order valence-corrected chi connectivity index (χ4v) is 2.47. The first-order chi connectivity index (χ1) is 8.36. The Labute approximate surface area is 111 Å². The lowest BCUT2D eigenvalue weighted by molar-refractivity contribution is 0.0438. The van der Waals surface area contributed by atoms with E-state index in [1.165, 1.54) is 44.1 Å². The van der Waals surface area contributed by atoms with Crippen molar-refractivity contribution in [1.29, 1.82) is 0 Å². The van der Waals surface area contributed by atoms with E-state index in [0.29, 0.717) is 6.10 Å². The van der Waals surface area contributed by atoms with Gasteiger partial charge in [-0.15, -0.1) is 0 Å². The van der Waals surface area contributed by atoms with Crippen LogP contribution < -0.4 is 5.73 Å². The number of hydrogen-bond donors (Lipinski definition) is 2. The summed E-state index contributed by atoms with van der Waals surface area (Å²) in [4.78, 5) is 0. The maximum Gasteiger partial charge on any atom is 0.0612 e. The van der Waals surface area contributed by atoms with Crippen molar-refractivity contribution in [2.45, 2.75) is 57.5 Å². The number of rotatable bonds is 9. The zero-order chi connectivity index (χ0) is 12.3. The van der Waals surface area contributed by atoms with Gasteiger partial charge in [0.2, 0.25) is 0 Å². The highest BCUT2D eigenvalue weighted by atomic mass is 32.1. The first kappa shape index (κ1) is 15.1. The molecule has 0 aliphatic heterocycles. The molecule has 3 heteroatoms. The van der Waals surface area contributed by atoms with Gasteiger partial charge in [-0.25, -0.2) is 0 Å². The summed E-state index contributed by atoms with van der Waals surface area (Å²) in [6.07, 6.45) is 12.3. The molecule has 0 aromatic rings. The molecule has 1 atom stereocenters. The molecule has 0 aromatic carbocycles. The van der Waals surface area contributed by atoms with Crippen LogP contribution in [0.25, 0.3) is 0 Å². The van der Waals surface area contributed by atoms with Crippen LogP contribution >= 0.6 is 12.6 Å².